The highest BCUT2D eigenvalue weighted by Gasteiger charge is 2.32. The van der Waals surface area contributed by atoms with Crippen LogP contribution in [-0.4, -0.2) is 57.6 Å². The number of hydrogen-bond donors (Lipinski definition) is 1. The van der Waals surface area contributed by atoms with E-state index in [1.165, 1.54) is 0 Å². The summed E-state index contributed by atoms with van der Waals surface area (Å²) in [6.45, 7) is 3.26. The maximum atomic E-state index is 5.70. The second-order valence-electron chi connectivity index (χ2n) is 4.73. The van der Waals surface area contributed by atoms with Gasteiger partial charge in [0.25, 0.3) is 0 Å². The van der Waals surface area contributed by atoms with Crippen molar-refractivity contribution in [1.29, 1.82) is 0 Å². The van der Waals surface area contributed by atoms with Gasteiger partial charge in [0.2, 0.25) is 0 Å². The van der Waals surface area contributed by atoms with Gasteiger partial charge in [0.1, 0.15) is 12.4 Å². The van der Waals surface area contributed by atoms with E-state index in [9.17, 15) is 0 Å². The molecule has 5 heteroatoms. The highest BCUT2D eigenvalue weighted by atomic mass is 16.5. The molecular weight excluding hydrogens is 244 g/mol. The van der Waals surface area contributed by atoms with Crippen molar-refractivity contribution in [3.05, 3.63) is 24.3 Å². The van der Waals surface area contributed by atoms with Crippen molar-refractivity contribution in [2.45, 2.75) is 12.2 Å². The molecule has 0 spiro atoms. The standard InChI is InChI=1S/C14H22N2O3/c1-17-13-9-16(10-14(13)18-2)6-7-19-12-5-3-4-11(15)8-12/h3-5,8,13-14H,6-7,9-10,15H2,1-2H3. The van der Waals surface area contributed by atoms with Gasteiger partial charge in [-0.2, -0.15) is 0 Å². The first kappa shape index (κ1) is 14.1. The fourth-order valence-corrected chi connectivity index (χ4v) is 2.35. The van der Waals surface area contributed by atoms with Crippen molar-refractivity contribution in [3.63, 3.8) is 0 Å². The summed E-state index contributed by atoms with van der Waals surface area (Å²) >= 11 is 0. The van der Waals surface area contributed by atoms with E-state index in [0.29, 0.717) is 6.61 Å². The Bertz CT molecular complexity index is 388. The summed E-state index contributed by atoms with van der Waals surface area (Å²) in [5, 5.41) is 0. The molecule has 1 aliphatic rings. The van der Waals surface area contributed by atoms with E-state index in [2.05, 4.69) is 4.90 Å². The predicted octanol–water partition coefficient (Wildman–Crippen LogP) is 0.993. The molecule has 1 saturated heterocycles. The lowest BCUT2D eigenvalue weighted by atomic mass is 10.3. The van der Waals surface area contributed by atoms with Gasteiger partial charge in [0, 0.05) is 45.6 Å². The molecule has 2 rings (SSSR count). The summed E-state index contributed by atoms with van der Waals surface area (Å²) in [7, 11) is 3.45. The molecule has 2 unspecified atom stereocenters. The zero-order valence-electron chi connectivity index (χ0n) is 11.5. The zero-order valence-corrected chi connectivity index (χ0v) is 11.5. The number of rotatable bonds is 6. The van der Waals surface area contributed by atoms with E-state index in [-0.39, 0.29) is 12.2 Å². The van der Waals surface area contributed by atoms with E-state index in [1.54, 1.807) is 14.2 Å². The van der Waals surface area contributed by atoms with E-state index in [4.69, 9.17) is 19.9 Å². The number of nitrogens with zero attached hydrogens (tertiary/aromatic N) is 1. The van der Waals surface area contributed by atoms with Crippen molar-refractivity contribution in [1.82, 2.24) is 4.90 Å². The molecule has 5 nitrogen and oxygen atoms in total. The maximum absolute atomic E-state index is 5.70. The molecule has 19 heavy (non-hydrogen) atoms. The van der Waals surface area contributed by atoms with Crippen LogP contribution in [0.15, 0.2) is 24.3 Å². The Hall–Kier alpha value is -1.30. The Morgan fingerprint density at radius 3 is 2.47 bits per heavy atom. The Kier molecular flexibility index (Phi) is 5.01. The lowest BCUT2D eigenvalue weighted by Crippen LogP contribution is -2.27. The second kappa shape index (κ2) is 6.75. The van der Waals surface area contributed by atoms with Gasteiger partial charge in [-0.3, -0.25) is 4.90 Å². The van der Waals surface area contributed by atoms with Crippen molar-refractivity contribution < 1.29 is 14.2 Å². The van der Waals surface area contributed by atoms with Crippen molar-refractivity contribution in [2.24, 2.45) is 0 Å². The molecule has 0 aromatic heterocycles. The minimum atomic E-state index is 0.150. The predicted molar refractivity (Wildman–Crippen MR) is 74.4 cm³/mol. The number of anilines is 1. The fraction of sp³-hybridized carbons (Fsp3) is 0.571. The molecule has 1 aliphatic heterocycles. The normalized spacial score (nSPS) is 23.7. The average Bonchev–Trinajstić information content (AvgIpc) is 2.81. The molecule has 0 bridgehead atoms. The molecule has 0 radical (unpaired) electrons. The van der Waals surface area contributed by atoms with Gasteiger partial charge >= 0.3 is 0 Å². The van der Waals surface area contributed by atoms with Crippen molar-refractivity contribution >= 4 is 5.69 Å². The summed E-state index contributed by atoms with van der Waals surface area (Å²) < 4.78 is 16.5. The van der Waals surface area contributed by atoms with Crippen LogP contribution >= 0.6 is 0 Å². The molecule has 1 fully saturated rings. The lowest BCUT2D eigenvalue weighted by Gasteiger charge is -2.15. The quantitative estimate of drug-likeness (QED) is 0.778. The van der Waals surface area contributed by atoms with Gasteiger partial charge in [0.05, 0.1) is 12.2 Å². The number of likely N-dealkylation sites (tertiary alicyclic amines) is 1. The van der Waals surface area contributed by atoms with Gasteiger partial charge in [-0.1, -0.05) is 6.07 Å². The smallest absolute Gasteiger partial charge is 0.121 e. The topological polar surface area (TPSA) is 57.0 Å². The molecular formula is C14H22N2O3. The second-order valence-corrected chi connectivity index (χ2v) is 4.73. The molecule has 2 atom stereocenters. The summed E-state index contributed by atoms with van der Waals surface area (Å²) in [4.78, 5) is 2.29. The van der Waals surface area contributed by atoms with Crippen LogP contribution in [0.1, 0.15) is 0 Å². The van der Waals surface area contributed by atoms with Crippen LogP contribution in [0.4, 0.5) is 5.69 Å². The first-order valence-corrected chi connectivity index (χ1v) is 6.49. The van der Waals surface area contributed by atoms with Crippen LogP contribution in [0.5, 0.6) is 5.75 Å². The van der Waals surface area contributed by atoms with Crippen LogP contribution in [-0.2, 0) is 9.47 Å². The van der Waals surface area contributed by atoms with Crippen LogP contribution in [0.3, 0.4) is 0 Å². The number of benzene rings is 1. The summed E-state index contributed by atoms with van der Waals surface area (Å²) in [6, 6.07) is 7.48. The Morgan fingerprint density at radius 2 is 1.89 bits per heavy atom. The Morgan fingerprint density at radius 1 is 1.21 bits per heavy atom. The Balaban J connectivity index is 1.75. The highest BCUT2D eigenvalue weighted by molar-refractivity contribution is 5.43. The third kappa shape index (κ3) is 3.83. The lowest BCUT2D eigenvalue weighted by molar-refractivity contribution is -0.00461. The average molecular weight is 266 g/mol. The van der Waals surface area contributed by atoms with E-state index in [0.717, 1.165) is 31.1 Å². The minimum absolute atomic E-state index is 0.150. The van der Waals surface area contributed by atoms with Gasteiger partial charge in [-0.25, -0.2) is 0 Å². The van der Waals surface area contributed by atoms with Gasteiger partial charge < -0.3 is 19.9 Å². The fourth-order valence-electron chi connectivity index (χ4n) is 2.35. The third-order valence-corrected chi connectivity index (χ3v) is 3.43. The number of methoxy groups -OCH3 is 2. The molecule has 2 N–H and O–H groups in total. The van der Waals surface area contributed by atoms with Crippen LogP contribution < -0.4 is 10.5 Å². The molecule has 0 aliphatic carbocycles. The first-order valence-electron chi connectivity index (χ1n) is 6.49. The summed E-state index contributed by atoms with van der Waals surface area (Å²) in [6.07, 6.45) is 0.301. The van der Waals surface area contributed by atoms with E-state index >= 15 is 0 Å². The Labute approximate surface area is 114 Å². The molecule has 1 heterocycles. The molecule has 0 saturated carbocycles. The summed E-state index contributed by atoms with van der Waals surface area (Å²) in [5.74, 6) is 0.811. The number of nitrogen functional groups attached to an aromatic ring is 1. The van der Waals surface area contributed by atoms with E-state index < -0.39 is 0 Å². The van der Waals surface area contributed by atoms with Crippen LogP contribution in [0.25, 0.3) is 0 Å². The number of nitrogens with two attached hydrogens (primary N) is 1. The highest BCUT2D eigenvalue weighted by Crippen LogP contribution is 2.17. The maximum Gasteiger partial charge on any atom is 0.121 e. The van der Waals surface area contributed by atoms with Crippen LogP contribution in [0, 0.1) is 0 Å². The number of ether oxygens (including phenoxy) is 3. The first-order chi connectivity index (χ1) is 9.22. The molecule has 1 aromatic rings. The zero-order chi connectivity index (χ0) is 13.7. The SMILES string of the molecule is COC1CN(CCOc2cccc(N)c2)CC1OC. The van der Waals surface area contributed by atoms with Gasteiger partial charge in [-0.15, -0.1) is 0 Å². The molecule has 106 valence electrons. The van der Waals surface area contributed by atoms with Crippen molar-refractivity contribution in [2.75, 3.05) is 46.2 Å². The third-order valence-electron chi connectivity index (χ3n) is 3.43. The van der Waals surface area contributed by atoms with Crippen LogP contribution in [0.2, 0.25) is 0 Å². The summed E-state index contributed by atoms with van der Waals surface area (Å²) in [5.41, 5.74) is 6.42. The molecule has 1 aromatic carbocycles. The molecule has 0 amide bonds. The van der Waals surface area contributed by atoms with Gasteiger partial charge in [-0.05, 0) is 12.1 Å². The van der Waals surface area contributed by atoms with Crippen molar-refractivity contribution in [3.8, 4) is 5.75 Å². The largest absolute Gasteiger partial charge is 0.492 e. The number of hydrogen-bond acceptors (Lipinski definition) is 5. The minimum Gasteiger partial charge on any atom is -0.492 e. The monoisotopic (exact) mass is 266 g/mol. The van der Waals surface area contributed by atoms with Gasteiger partial charge in [0.15, 0.2) is 0 Å². The van der Waals surface area contributed by atoms with E-state index in [1.807, 2.05) is 24.3 Å².